The molecule has 0 radical (unpaired) electrons. The topological polar surface area (TPSA) is 54.9 Å². The van der Waals surface area contributed by atoms with Crippen molar-refractivity contribution in [1.82, 2.24) is 15.3 Å². The number of aromatic nitrogens is 2. The maximum Gasteiger partial charge on any atom is 0.253 e. The molecule has 0 spiro atoms. The number of nitrogens with zero attached hydrogens (tertiary/aromatic N) is 2. The number of carbonyl (C=O) groups is 1. The van der Waals surface area contributed by atoms with Gasteiger partial charge in [-0.05, 0) is 26.3 Å². The number of hydrogen-bond donors (Lipinski definition) is 1. The number of aryl methyl sites for hydroxylation is 2. The largest absolute Gasteiger partial charge is 0.343 e. The number of amides is 1. The molecular weight excluding hydrogens is 277 g/mol. The third-order valence-electron chi connectivity index (χ3n) is 3.02. The molecule has 1 atom stereocenters. The van der Waals surface area contributed by atoms with Gasteiger partial charge in [0.15, 0.2) is 0 Å². The smallest absolute Gasteiger partial charge is 0.253 e. The lowest BCUT2D eigenvalue weighted by Crippen LogP contribution is -2.28. The first-order valence-corrected chi connectivity index (χ1v) is 7.18. The molecule has 106 valence electrons. The van der Waals surface area contributed by atoms with Crippen molar-refractivity contribution >= 4 is 17.2 Å². The number of carbonyl (C=O) groups excluding carboxylic acids is 1. The molecule has 0 saturated heterocycles. The van der Waals surface area contributed by atoms with Gasteiger partial charge in [0.05, 0.1) is 23.5 Å². The Kier molecular flexibility index (Phi) is 4.44. The van der Waals surface area contributed by atoms with Crippen molar-refractivity contribution in [2.24, 2.45) is 0 Å². The molecule has 0 aromatic carbocycles. The van der Waals surface area contributed by atoms with E-state index in [2.05, 4.69) is 15.3 Å². The van der Waals surface area contributed by atoms with Crippen molar-refractivity contribution < 1.29 is 9.18 Å². The van der Waals surface area contributed by atoms with Gasteiger partial charge in [-0.3, -0.25) is 9.78 Å². The molecule has 0 aliphatic rings. The molecule has 2 heterocycles. The summed E-state index contributed by atoms with van der Waals surface area (Å²) in [5.74, 6) is -0.860. The Morgan fingerprint density at radius 2 is 2.20 bits per heavy atom. The van der Waals surface area contributed by atoms with E-state index in [4.69, 9.17) is 0 Å². The number of pyridine rings is 1. The van der Waals surface area contributed by atoms with E-state index in [1.165, 1.54) is 12.3 Å². The summed E-state index contributed by atoms with van der Waals surface area (Å²) in [6, 6.07) is 1.01. The molecule has 20 heavy (non-hydrogen) atoms. The summed E-state index contributed by atoms with van der Waals surface area (Å²) in [4.78, 5) is 21.4. The van der Waals surface area contributed by atoms with Gasteiger partial charge in [-0.2, -0.15) is 0 Å². The van der Waals surface area contributed by atoms with E-state index in [9.17, 15) is 9.18 Å². The molecule has 0 aliphatic heterocycles. The second-order valence-electron chi connectivity index (χ2n) is 4.52. The van der Waals surface area contributed by atoms with E-state index in [0.717, 1.165) is 28.2 Å². The number of hydrogen-bond acceptors (Lipinski definition) is 4. The summed E-state index contributed by atoms with van der Waals surface area (Å²) >= 11 is 1.57. The van der Waals surface area contributed by atoms with Crippen molar-refractivity contribution in [2.75, 3.05) is 0 Å². The summed E-state index contributed by atoms with van der Waals surface area (Å²) in [5, 5.41) is 3.74. The Morgan fingerprint density at radius 3 is 2.75 bits per heavy atom. The fraction of sp³-hybridized carbons (Fsp3) is 0.357. The lowest BCUT2D eigenvalue weighted by Gasteiger charge is -2.14. The van der Waals surface area contributed by atoms with E-state index < -0.39 is 5.82 Å². The molecule has 0 aliphatic carbocycles. The molecule has 4 nitrogen and oxygen atoms in total. The number of nitrogens with one attached hydrogen (secondary N) is 1. The monoisotopic (exact) mass is 293 g/mol. The van der Waals surface area contributed by atoms with E-state index in [0.29, 0.717) is 0 Å². The van der Waals surface area contributed by atoms with Crippen LogP contribution in [0.5, 0.6) is 0 Å². The quantitative estimate of drug-likeness (QED) is 0.942. The van der Waals surface area contributed by atoms with E-state index in [1.54, 1.807) is 11.3 Å². The summed E-state index contributed by atoms with van der Waals surface area (Å²) in [5.41, 5.74) is 1.19. The number of rotatable bonds is 4. The van der Waals surface area contributed by atoms with Gasteiger partial charge >= 0.3 is 0 Å². The lowest BCUT2D eigenvalue weighted by molar-refractivity contribution is 0.0934. The predicted molar refractivity (Wildman–Crippen MR) is 76.3 cm³/mol. The second kappa shape index (κ2) is 6.09. The highest BCUT2D eigenvalue weighted by molar-refractivity contribution is 7.11. The Labute approximate surface area is 121 Å². The van der Waals surface area contributed by atoms with Crippen LogP contribution in [0.1, 0.15) is 45.3 Å². The highest BCUT2D eigenvalue weighted by Crippen LogP contribution is 2.25. The molecule has 1 unspecified atom stereocenters. The lowest BCUT2D eigenvalue weighted by atomic mass is 10.2. The standard InChI is InChI=1S/C14H16FN3OS/c1-4-12(14-17-8(2)9(3)20-14)18-13(19)10-5-11(15)7-16-6-10/h5-7,12H,4H2,1-3H3,(H,18,19). The van der Waals surface area contributed by atoms with Crippen LogP contribution in [0.25, 0.3) is 0 Å². The number of thiazole rings is 1. The zero-order valence-electron chi connectivity index (χ0n) is 11.6. The molecule has 1 amide bonds. The minimum Gasteiger partial charge on any atom is -0.343 e. The minimum atomic E-state index is -0.522. The van der Waals surface area contributed by atoms with Gasteiger partial charge in [0, 0.05) is 11.1 Å². The first kappa shape index (κ1) is 14.6. The number of halogens is 1. The Hall–Kier alpha value is -1.82. The highest BCUT2D eigenvalue weighted by Gasteiger charge is 2.18. The first-order chi connectivity index (χ1) is 9.51. The average Bonchev–Trinajstić information content (AvgIpc) is 2.75. The molecule has 2 aromatic rings. The van der Waals surface area contributed by atoms with E-state index in [-0.39, 0.29) is 17.5 Å². The van der Waals surface area contributed by atoms with Gasteiger partial charge in [-0.25, -0.2) is 9.37 Å². The maximum absolute atomic E-state index is 13.1. The highest BCUT2D eigenvalue weighted by atomic mass is 32.1. The maximum atomic E-state index is 13.1. The summed E-state index contributed by atoms with van der Waals surface area (Å²) in [6.45, 7) is 5.92. The van der Waals surface area contributed by atoms with Crippen molar-refractivity contribution in [1.29, 1.82) is 0 Å². The van der Waals surface area contributed by atoms with Gasteiger partial charge < -0.3 is 5.32 Å². The molecule has 0 fully saturated rings. The van der Waals surface area contributed by atoms with Crippen LogP contribution < -0.4 is 5.32 Å². The van der Waals surface area contributed by atoms with Crippen LogP contribution in [0.2, 0.25) is 0 Å². The van der Waals surface area contributed by atoms with Gasteiger partial charge in [0.2, 0.25) is 0 Å². The summed E-state index contributed by atoms with van der Waals surface area (Å²) < 4.78 is 13.1. The van der Waals surface area contributed by atoms with E-state index >= 15 is 0 Å². The third-order valence-corrected chi connectivity index (χ3v) is 4.21. The predicted octanol–water partition coefficient (Wildman–Crippen LogP) is 3.18. The van der Waals surface area contributed by atoms with Crippen LogP contribution >= 0.6 is 11.3 Å². The molecule has 6 heteroatoms. The van der Waals surface area contributed by atoms with Gasteiger partial charge in [0.1, 0.15) is 10.8 Å². The van der Waals surface area contributed by atoms with Crippen LogP contribution in [-0.4, -0.2) is 15.9 Å². The molecule has 2 rings (SSSR count). The average molecular weight is 293 g/mol. The van der Waals surface area contributed by atoms with Gasteiger partial charge in [-0.1, -0.05) is 6.92 Å². The normalized spacial score (nSPS) is 12.2. The minimum absolute atomic E-state index is 0.164. The van der Waals surface area contributed by atoms with E-state index in [1.807, 2.05) is 20.8 Å². The van der Waals surface area contributed by atoms with Crippen LogP contribution in [0.15, 0.2) is 18.5 Å². The third kappa shape index (κ3) is 3.19. The second-order valence-corrected chi connectivity index (χ2v) is 5.75. The fourth-order valence-electron chi connectivity index (χ4n) is 1.76. The summed E-state index contributed by atoms with van der Waals surface area (Å²) in [7, 11) is 0. The molecule has 0 bridgehead atoms. The summed E-state index contributed by atoms with van der Waals surface area (Å²) in [6.07, 6.45) is 3.14. The molecule has 2 aromatic heterocycles. The molecule has 1 N–H and O–H groups in total. The van der Waals surface area contributed by atoms with Gasteiger partial charge in [0.25, 0.3) is 5.91 Å². The Morgan fingerprint density at radius 1 is 1.45 bits per heavy atom. The zero-order chi connectivity index (χ0) is 14.7. The van der Waals surface area contributed by atoms with Crippen molar-refractivity contribution in [3.63, 3.8) is 0 Å². The molecular formula is C14H16FN3OS. The SMILES string of the molecule is CCC(NC(=O)c1cncc(F)c1)c1nc(C)c(C)s1. The zero-order valence-corrected chi connectivity index (χ0v) is 12.4. The van der Waals surface area contributed by atoms with Crippen LogP contribution in [0.3, 0.4) is 0 Å². The van der Waals surface area contributed by atoms with Crippen LogP contribution in [-0.2, 0) is 0 Å². The van der Waals surface area contributed by atoms with Crippen molar-refractivity contribution in [3.8, 4) is 0 Å². The Balaban J connectivity index is 2.16. The van der Waals surface area contributed by atoms with Crippen LogP contribution in [0.4, 0.5) is 4.39 Å². The molecule has 0 saturated carbocycles. The van der Waals surface area contributed by atoms with Gasteiger partial charge in [-0.15, -0.1) is 11.3 Å². The van der Waals surface area contributed by atoms with Crippen molar-refractivity contribution in [2.45, 2.75) is 33.2 Å². The van der Waals surface area contributed by atoms with Crippen LogP contribution in [0, 0.1) is 19.7 Å². The Bertz CT molecular complexity index is 607. The fourth-order valence-corrected chi connectivity index (χ4v) is 2.82. The first-order valence-electron chi connectivity index (χ1n) is 6.36. The van der Waals surface area contributed by atoms with Crippen molar-refractivity contribution in [3.05, 3.63) is 45.4 Å².